The summed E-state index contributed by atoms with van der Waals surface area (Å²) in [6.45, 7) is 3.22. The summed E-state index contributed by atoms with van der Waals surface area (Å²) >= 11 is 0. The summed E-state index contributed by atoms with van der Waals surface area (Å²) in [6.07, 6.45) is 1.90. The Hall–Kier alpha value is -2.01. The van der Waals surface area contributed by atoms with E-state index < -0.39 is 0 Å². The number of aromatic nitrogens is 1. The Kier molecular flexibility index (Phi) is 3.36. The second kappa shape index (κ2) is 5.17. The van der Waals surface area contributed by atoms with Crippen LogP contribution in [0.25, 0.3) is 10.9 Å². The zero-order chi connectivity index (χ0) is 14.1. The molecule has 5 heteroatoms. The molecule has 1 aliphatic rings. The third-order valence-electron chi connectivity index (χ3n) is 3.83. The monoisotopic (exact) mass is 273 g/mol. The number of ether oxygens (including phenoxy) is 1. The van der Waals surface area contributed by atoms with E-state index in [0.29, 0.717) is 0 Å². The first kappa shape index (κ1) is 13.0. The molecule has 1 fully saturated rings. The van der Waals surface area contributed by atoms with Crippen molar-refractivity contribution in [2.24, 2.45) is 7.05 Å². The molecule has 5 nitrogen and oxygen atoms in total. The van der Waals surface area contributed by atoms with Gasteiger partial charge in [0, 0.05) is 39.4 Å². The number of piperazine rings is 1. The molecule has 106 valence electrons. The second-order valence-corrected chi connectivity index (χ2v) is 5.05. The lowest BCUT2D eigenvalue weighted by Crippen LogP contribution is -2.46. The molecule has 0 saturated carbocycles. The van der Waals surface area contributed by atoms with Crippen molar-refractivity contribution < 1.29 is 9.53 Å². The third-order valence-corrected chi connectivity index (χ3v) is 3.83. The normalized spacial score (nSPS) is 15.6. The number of rotatable bonds is 2. The maximum atomic E-state index is 12.7. The first-order chi connectivity index (χ1) is 9.72. The summed E-state index contributed by atoms with van der Waals surface area (Å²) < 4.78 is 7.40. The number of benzene rings is 1. The molecule has 2 aromatic rings. The maximum absolute atomic E-state index is 12.7. The van der Waals surface area contributed by atoms with Crippen molar-refractivity contribution in [2.75, 3.05) is 33.3 Å². The number of amides is 1. The molecule has 1 saturated heterocycles. The van der Waals surface area contributed by atoms with E-state index in [1.54, 1.807) is 7.11 Å². The third kappa shape index (κ3) is 2.04. The van der Waals surface area contributed by atoms with Gasteiger partial charge in [0.1, 0.15) is 5.75 Å². The smallest absolute Gasteiger partial charge is 0.256 e. The highest BCUT2D eigenvalue weighted by Crippen LogP contribution is 2.30. The summed E-state index contributed by atoms with van der Waals surface area (Å²) in [4.78, 5) is 14.6. The quantitative estimate of drug-likeness (QED) is 0.895. The summed E-state index contributed by atoms with van der Waals surface area (Å²) in [5.74, 6) is 0.836. The molecule has 1 aromatic heterocycles. The SMILES string of the molecule is COc1cccc2c1c(C(=O)N1CCNCC1)cn2C. The molecule has 0 radical (unpaired) electrons. The van der Waals surface area contributed by atoms with Crippen LogP contribution in [0.1, 0.15) is 10.4 Å². The molecular weight excluding hydrogens is 254 g/mol. The van der Waals surface area contributed by atoms with E-state index in [4.69, 9.17) is 4.74 Å². The Morgan fingerprint density at radius 2 is 2.05 bits per heavy atom. The van der Waals surface area contributed by atoms with Crippen LogP contribution in [0.15, 0.2) is 24.4 Å². The highest BCUT2D eigenvalue weighted by molar-refractivity contribution is 6.09. The Balaban J connectivity index is 2.08. The number of methoxy groups -OCH3 is 1. The van der Waals surface area contributed by atoms with Crippen LogP contribution in [0.4, 0.5) is 0 Å². The molecule has 2 heterocycles. The van der Waals surface area contributed by atoms with Gasteiger partial charge in [0.25, 0.3) is 5.91 Å². The molecular formula is C15H19N3O2. The van der Waals surface area contributed by atoms with Crippen LogP contribution in [0.5, 0.6) is 5.75 Å². The van der Waals surface area contributed by atoms with Gasteiger partial charge in [0.05, 0.1) is 23.6 Å². The summed E-state index contributed by atoms with van der Waals surface area (Å²) in [6, 6.07) is 5.85. The topological polar surface area (TPSA) is 46.5 Å². The predicted octanol–water partition coefficient (Wildman–Crippen LogP) is 1.23. The molecule has 1 aromatic carbocycles. The number of carbonyl (C=O) groups is 1. The number of carbonyl (C=O) groups excluding carboxylic acids is 1. The van der Waals surface area contributed by atoms with E-state index in [1.165, 1.54) is 0 Å². The van der Waals surface area contributed by atoms with Crippen LogP contribution < -0.4 is 10.1 Å². The van der Waals surface area contributed by atoms with Gasteiger partial charge in [0.15, 0.2) is 0 Å². The average molecular weight is 273 g/mol. The number of aryl methyl sites for hydroxylation is 1. The van der Waals surface area contributed by atoms with Gasteiger partial charge in [-0.25, -0.2) is 0 Å². The van der Waals surface area contributed by atoms with Crippen LogP contribution in [-0.2, 0) is 7.05 Å². The van der Waals surface area contributed by atoms with Gasteiger partial charge in [-0.15, -0.1) is 0 Å². The Labute approximate surface area is 118 Å². The minimum Gasteiger partial charge on any atom is -0.496 e. The zero-order valence-corrected chi connectivity index (χ0v) is 11.8. The van der Waals surface area contributed by atoms with Crippen molar-refractivity contribution in [1.82, 2.24) is 14.8 Å². The van der Waals surface area contributed by atoms with Gasteiger partial charge in [-0.05, 0) is 12.1 Å². The van der Waals surface area contributed by atoms with E-state index in [-0.39, 0.29) is 5.91 Å². The lowest BCUT2D eigenvalue weighted by molar-refractivity contribution is 0.0737. The van der Waals surface area contributed by atoms with E-state index in [2.05, 4.69) is 5.32 Å². The van der Waals surface area contributed by atoms with Crippen molar-refractivity contribution in [3.63, 3.8) is 0 Å². The van der Waals surface area contributed by atoms with E-state index in [9.17, 15) is 4.79 Å². The minimum atomic E-state index is 0.0848. The van der Waals surface area contributed by atoms with E-state index in [1.807, 2.05) is 40.9 Å². The van der Waals surface area contributed by atoms with E-state index in [0.717, 1.165) is 48.4 Å². The average Bonchev–Trinajstić information content (AvgIpc) is 2.85. The van der Waals surface area contributed by atoms with Gasteiger partial charge in [-0.2, -0.15) is 0 Å². The van der Waals surface area contributed by atoms with Gasteiger partial charge in [-0.1, -0.05) is 6.07 Å². The fourth-order valence-corrected chi connectivity index (χ4v) is 2.78. The lowest BCUT2D eigenvalue weighted by Gasteiger charge is -2.27. The van der Waals surface area contributed by atoms with Crippen LogP contribution in [0.2, 0.25) is 0 Å². The highest BCUT2D eigenvalue weighted by atomic mass is 16.5. The van der Waals surface area contributed by atoms with Crippen LogP contribution in [-0.4, -0.2) is 48.7 Å². The van der Waals surface area contributed by atoms with Gasteiger partial charge >= 0.3 is 0 Å². The maximum Gasteiger partial charge on any atom is 0.256 e. The molecule has 1 N–H and O–H groups in total. The molecule has 20 heavy (non-hydrogen) atoms. The van der Waals surface area contributed by atoms with Crippen LogP contribution >= 0.6 is 0 Å². The summed E-state index contributed by atoms with van der Waals surface area (Å²) in [5, 5.41) is 4.17. The number of nitrogens with one attached hydrogen (secondary N) is 1. The Morgan fingerprint density at radius 3 is 2.75 bits per heavy atom. The van der Waals surface area contributed by atoms with Crippen molar-refractivity contribution >= 4 is 16.8 Å². The zero-order valence-electron chi connectivity index (χ0n) is 11.8. The molecule has 1 aliphatic heterocycles. The van der Waals surface area contributed by atoms with Gasteiger partial charge < -0.3 is 19.5 Å². The largest absolute Gasteiger partial charge is 0.496 e. The number of hydrogen-bond donors (Lipinski definition) is 1. The molecule has 0 spiro atoms. The van der Waals surface area contributed by atoms with Gasteiger partial charge in [0.2, 0.25) is 0 Å². The van der Waals surface area contributed by atoms with Crippen LogP contribution in [0, 0.1) is 0 Å². The molecule has 0 atom stereocenters. The molecule has 0 aliphatic carbocycles. The van der Waals surface area contributed by atoms with Crippen molar-refractivity contribution in [3.8, 4) is 5.75 Å². The highest BCUT2D eigenvalue weighted by Gasteiger charge is 2.23. The number of fused-ring (bicyclic) bond motifs is 1. The van der Waals surface area contributed by atoms with Crippen molar-refractivity contribution in [3.05, 3.63) is 30.0 Å². The van der Waals surface area contributed by atoms with Crippen LogP contribution in [0.3, 0.4) is 0 Å². The Bertz CT molecular complexity index is 642. The van der Waals surface area contributed by atoms with E-state index >= 15 is 0 Å². The fourth-order valence-electron chi connectivity index (χ4n) is 2.78. The van der Waals surface area contributed by atoms with Gasteiger partial charge in [-0.3, -0.25) is 4.79 Å². The molecule has 0 unspecified atom stereocenters. The second-order valence-electron chi connectivity index (χ2n) is 5.05. The summed E-state index contributed by atoms with van der Waals surface area (Å²) in [7, 11) is 3.59. The molecule has 3 rings (SSSR count). The number of hydrogen-bond acceptors (Lipinski definition) is 3. The first-order valence-corrected chi connectivity index (χ1v) is 6.84. The minimum absolute atomic E-state index is 0.0848. The van der Waals surface area contributed by atoms with Crippen molar-refractivity contribution in [2.45, 2.75) is 0 Å². The lowest BCUT2D eigenvalue weighted by atomic mass is 10.1. The summed E-state index contributed by atoms with van der Waals surface area (Å²) in [5.41, 5.74) is 1.74. The molecule has 1 amide bonds. The van der Waals surface area contributed by atoms with Crippen molar-refractivity contribution in [1.29, 1.82) is 0 Å². The standard InChI is InChI=1S/C15H19N3O2/c1-17-10-11(15(19)18-8-6-16-7-9-18)14-12(17)4-3-5-13(14)20-2/h3-5,10,16H,6-9H2,1-2H3. The molecule has 0 bridgehead atoms. The first-order valence-electron chi connectivity index (χ1n) is 6.84. The predicted molar refractivity (Wildman–Crippen MR) is 78.2 cm³/mol. The number of nitrogens with zero attached hydrogens (tertiary/aromatic N) is 2. The Morgan fingerprint density at radius 1 is 1.30 bits per heavy atom. The fraction of sp³-hybridized carbons (Fsp3) is 0.400.